The fourth-order valence-electron chi connectivity index (χ4n) is 3.36. The molecule has 5 nitrogen and oxygen atoms in total. The molecule has 2 amide bonds. The van der Waals surface area contributed by atoms with Crippen LogP contribution in [0.15, 0.2) is 11.6 Å². The first-order valence-corrected chi connectivity index (χ1v) is 8.57. The lowest BCUT2D eigenvalue weighted by atomic mass is 9.95. The fourth-order valence-corrected chi connectivity index (χ4v) is 3.36. The second-order valence-electron chi connectivity index (χ2n) is 6.54. The van der Waals surface area contributed by atoms with E-state index in [9.17, 15) is 9.59 Å². The molecule has 2 aliphatic rings. The van der Waals surface area contributed by atoms with Crippen LogP contribution in [0, 0.1) is 5.92 Å². The third-order valence-electron chi connectivity index (χ3n) is 4.99. The molecule has 0 aromatic rings. The monoisotopic (exact) mass is 307 g/mol. The van der Waals surface area contributed by atoms with Gasteiger partial charge in [-0.15, -0.1) is 0 Å². The number of nitrogens with one attached hydrogen (secondary N) is 1. The molecule has 0 bridgehead atoms. The van der Waals surface area contributed by atoms with Crippen molar-refractivity contribution in [2.75, 3.05) is 19.6 Å². The maximum Gasteiger partial charge on any atom is 0.237 e. The molecule has 1 fully saturated rings. The van der Waals surface area contributed by atoms with Crippen molar-refractivity contribution in [3.63, 3.8) is 0 Å². The van der Waals surface area contributed by atoms with Gasteiger partial charge >= 0.3 is 0 Å². The van der Waals surface area contributed by atoms with Gasteiger partial charge < -0.3 is 11.1 Å². The third-order valence-corrected chi connectivity index (χ3v) is 4.99. The van der Waals surface area contributed by atoms with Gasteiger partial charge in [0.2, 0.25) is 11.8 Å². The van der Waals surface area contributed by atoms with Crippen LogP contribution < -0.4 is 11.1 Å². The molecule has 0 aromatic carbocycles. The SMILES string of the molecule is C[C@@H](C(=O)NCCC1=CCCCC1)N1CCC(C(N)=O)CC1. The van der Waals surface area contributed by atoms with E-state index in [0.29, 0.717) is 0 Å². The number of carbonyl (C=O) groups excluding carboxylic acids is 2. The lowest BCUT2D eigenvalue weighted by molar-refractivity contribution is -0.127. The molecule has 1 atom stereocenters. The quantitative estimate of drug-likeness (QED) is 0.732. The highest BCUT2D eigenvalue weighted by Gasteiger charge is 2.28. The summed E-state index contributed by atoms with van der Waals surface area (Å²) < 4.78 is 0. The average molecular weight is 307 g/mol. The molecule has 0 unspecified atom stereocenters. The van der Waals surface area contributed by atoms with Crippen LogP contribution >= 0.6 is 0 Å². The molecule has 0 radical (unpaired) electrons. The number of likely N-dealkylation sites (tertiary alicyclic amines) is 1. The molecule has 2 rings (SSSR count). The molecule has 5 heteroatoms. The van der Waals surface area contributed by atoms with Gasteiger partial charge in [0.15, 0.2) is 0 Å². The first-order chi connectivity index (χ1) is 10.6. The number of nitrogens with zero attached hydrogens (tertiary/aromatic N) is 1. The molecule has 22 heavy (non-hydrogen) atoms. The Bertz CT molecular complexity index is 426. The highest BCUT2D eigenvalue weighted by atomic mass is 16.2. The van der Waals surface area contributed by atoms with Gasteiger partial charge in [-0.3, -0.25) is 14.5 Å². The summed E-state index contributed by atoms with van der Waals surface area (Å²) in [6.45, 7) is 4.22. The molecule has 0 spiro atoms. The molecule has 1 saturated heterocycles. The number of piperidine rings is 1. The van der Waals surface area contributed by atoms with E-state index < -0.39 is 0 Å². The Labute approximate surface area is 133 Å². The van der Waals surface area contributed by atoms with Crippen LogP contribution in [0.3, 0.4) is 0 Å². The second kappa shape index (κ2) is 8.32. The zero-order valence-electron chi connectivity index (χ0n) is 13.6. The van der Waals surface area contributed by atoms with Crippen LogP contribution in [0.4, 0.5) is 0 Å². The number of carbonyl (C=O) groups is 2. The van der Waals surface area contributed by atoms with E-state index in [-0.39, 0.29) is 23.8 Å². The molecular formula is C17H29N3O2. The van der Waals surface area contributed by atoms with Crippen LogP contribution in [0.25, 0.3) is 0 Å². The highest BCUT2D eigenvalue weighted by molar-refractivity contribution is 5.81. The predicted octanol–water partition coefficient (Wildman–Crippen LogP) is 1.58. The Kier molecular flexibility index (Phi) is 6.43. The van der Waals surface area contributed by atoms with Gasteiger partial charge in [0.05, 0.1) is 6.04 Å². The lowest BCUT2D eigenvalue weighted by Gasteiger charge is -2.34. The fraction of sp³-hybridized carbons (Fsp3) is 0.765. The first-order valence-electron chi connectivity index (χ1n) is 8.57. The standard InChI is InChI=1S/C17H29N3O2/c1-13(20-11-8-15(9-12-20)16(18)21)17(22)19-10-7-14-5-3-2-4-6-14/h5,13,15H,2-4,6-12H2,1H3,(H2,18,21)(H,19,22)/t13-/m0/s1. The van der Waals surface area contributed by atoms with Gasteiger partial charge in [0.1, 0.15) is 0 Å². The molecule has 1 aliphatic carbocycles. The molecule has 124 valence electrons. The van der Waals surface area contributed by atoms with E-state index in [1.54, 1.807) is 0 Å². The number of allylic oxidation sites excluding steroid dienone is 1. The molecule has 0 aromatic heterocycles. The summed E-state index contributed by atoms with van der Waals surface area (Å²) in [5, 5.41) is 3.05. The van der Waals surface area contributed by atoms with Gasteiger partial charge in [0, 0.05) is 12.5 Å². The maximum absolute atomic E-state index is 12.2. The Hall–Kier alpha value is -1.36. The van der Waals surface area contributed by atoms with Gasteiger partial charge in [-0.25, -0.2) is 0 Å². The molecule has 1 aliphatic heterocycles. The van der Waals surface area contributed by atoms with Gasteiger partial charge in [-0.2, -0.15) is 0 Å². The van der Waals surface area contributed by atoms with Crippen LogP contribution in [0.1, 0.15) is 51.9 Å². The van der Waals surface area contributed by atoms with Crippen molar-refractivity contribution < 1.29 is 9.59 Å². The number of primary amides is 1. The largest absolute Gasteiger partial charge is 0.369 e. The number of hydrogen-bond acceptors (Lipinski definition) is 3. The Morgan fingerprint density at radius 3 is 2.68 bits per heavy atom. The minimum Gasteiger partial charge on any atom is -0.369 e. The second-order valence-corrected chi connectivity index (χ2v) is 6.54. The zero-order chi connectivity index (χ0) is 15.9. The van der Waals surface area contributed by atoms with E-state index in [2.05, 4.69) is 16.3 Å². The highest BCUT2D eigenvalue weighted by Crippen LogP contribution is 2.20. The van der Waals surface area contributed by atoms with Crippen molar-refractivity contribution >= 4 is 11.8 Å². The molecule has 3 N–H and O–H groups in total. The summed E-state index contributed by atoms with van der Waals surface area (Å²) in [5.41, 5.74) is 6.83. The Morgan fingerprint density at radius 2 is 2.09 bits per heavy atom. The van der Waals surface area contributed by atoms with Crippen molar-refractivity contribution in [1.29, 1.82) is 0 Å². The normalized spacial score (nSPS) is 22.0. The average Bonchev–Trinajstić information content (AvgIpc) is 2.55. The summed E-state index contributed by atoms with van der Waals surface area (Å²) in [7, 11) is 0. The van der Waals surface area contributed by atoms with E-state index >= 15 is 0 Å². The summed E-state index contributed by atoms with van der Waals surface area (Å²) >= 11 is 0. The number of amides is 2. The van der Waals surface area contributed by atoms with Crippen molar-refractivity contribution in [2.45, 2.75) is 57.9 Å². The van der Waals surface area contributed by atoms with E-state index in [4.69, 9.17) is 5.73 Å². The third kappa shape index (κ3) is 4.83. The minimum absolute atomic E-state index is 0.0234. The Morgan fingerprint density at radius 1 is 1.36 bits per heavy atom. The van der Waals surface area contributed by atoms with Crippen molar-refractivity contribution in [2.24, 2.45) is 11.7 Å². The smallest absolute Gasteiger partial charge is 0.237 e. The Balaban J connectivity index is 1.68. The molecule has 1 heterocycles. The predicted molar refractivity (Wildman–Crippen MR) is 87.1 cm³/mol. The first kappa shape index (κ1) is 17.0. The maximum atomic E-state index is 12.2. The topological polar surface area (TPSA) is 75.4 Å². The zero-order valence-corrected chi connectivity index (χ0v) is 13.6. The van der Waals surface area contributed by atoms with Crippen molar-refractivity contribution in [3.8, 4) is 0 Å². The number of rotatable bonds is 6. The van der Waals surface area contributed by atoms with Gasteiger partial charge in [0.25, 0.3) is 0 Å². The number of hydrogen-bond donors (Lipinski definition) is 2. The minimum atomic E-state index is -0.211. The van der Waals surface area contributed by atoms with E-state index in [0.717, 1.165) is 38.9 Å². The van der Waals surface area contributed by atoms with Crippen LogP contribution in [0.2, 0.25) is 0 Å². The van der Waals surface area contributed by atoms with Gasteiger partial charge in [-0.05, 0) is 65.0 Å². The summed E-state index contributed by atoms with van der Waals surface area (Å²) in [6, 6.07) is -0.130. The van der Waals surface area contributed by atoms with Crippen molar-refractivity contribution in [1.82, 2.24) is 10.2 Å². The number of nitrogens with two attached hydrogens (primary N) is 1. The van der Waals surface area contributed by atoms with Crippen LogP contribution in [-0.4, -0.2) is 42.4 Å². The summed E-state index contributed by atoms with van der Waals surface area (Å²) in [4.78, 5) is 25.6. The van der Waals surface area contributed by atoms with E-state index in [1.165, 1.54) is 31.3 Å². The van der Waals surface area contributed by atoms with Crippen LogP contribution in [0.5, 0.6) is 0 Å². The van der Waals surface area contributed by atoms with Crippen molar-refractivity contribution in [3.05, 3.63) is 11.6 Å². The molecular weight excluding hydrogens is 278 g/mol. The summed E-state index contributed by atoms with van der Waals surface area (Å²) in [5.74, 6) is -0.142. The lowest BCUT2D eigenvalue weighted by Crippen LogP contribution is -2.49. The van der Waals surface area contributed by atoms with Gasteiger partial charge in [-0.1, -0.05) is 11.6 Å². The van der Waals surface area contributed by atoms with Crippen LogP contribution in [-0.2, 0) is 9.59 Å². The summed E-state index contributed by atoms with van der Waals surface area (Å²) in [6.07, 6.45) is 9.79. The molecule has 0 saturated carbocycles. The van der Waals surface area contributed by atoms with E-state index in [1.807, 2.05) is 6.92 Å².